The molecule has 4 nitrogen and oxygen atoms in total. The first-order chi connectivity index (χ1) is 7.02. The molecule has 1 heterocycles. The zero-order valence-corrected chi connectivity index (χ0v) is 10.1. The molecular weight excluding hydrogens is 212 g/mol. The zero-order valence-electron chi connectivity index (χ0n) is 9.25. The first kappa shape index (κ1) is 11.4. The molecule has 1 atom stereocenters. The molecule has 0 aromatic heterocycles. The number of sulfonamides is 1. The van der Waals surface area contributed by atoms with Gasteiger partial charge in [0.05, 0.1) is 5.25 Å². The molecule has 1 saturated carbocycles. The maximum atomic E-state index is 11.6. The van der Waals surface area contributed by atoms with Gasteiger partial charge in [0.25, 0.3) is 0 Å². The van der Waals surface area contributed by atoms with Gasteiger partial charge in [0.15, 0.2) is 0 Å². The van der Waals surface area contributed by atoms with Crippen LogP contribution in [0.25, 0.3) is 0 Å². The zero-order chi connectivity index (χ0) is 10.9. The molecule has 2 fully saturated rings. The van der Waals surface area contributed by atoms with Gasteiger partial charge in [0, 0.05) is 13.1 Å². The predicted octanol–water partition coefficient (Wildman–Crippen LogP) is 0.458. The van der Waals surface area contributed by atoms with Gasteiger partial charge in [-0.15, -0.1) is 0 Å². The molecule has 1 unspecified atom stereocenters. The maximum absolute atomic E-state index is 11.6. The van der Waals surface area contributed by atoms with Crippen molar-refractivity contribution in [3.8, 4) is 0 Å². The quantitative estimate of drug-likeness (QED) is 0.740. The second-order valence-electron chi connectivity index (χ2n) is 5.16. The van der Waals surface area contributed by atoms with Crippen molar-refractivity contribution in [2.24, 2.45) is 5.41 Å². The minimum atomic E-state index is -3.00. The summed E-state index contributed by atoms with van der Waals surface area (Å²) in [6, 6.07) is 0. The lowest BCUT2D eigenvalue weighted by molar-refractivity contribution is 0.238. The predicted molar refractivity (Wildman–Crippen MR) is 60.2 cm³/mol. The van der Waals surface area contributed by atoms with E-state index in [1.54, 1.807) is 0 Å². The van der Waals surface area contributed by atoms with Crippen molar-refractivity contribution in [2.45, 2.75) is 37.9 Å². The second kappa shape index (κ2) is 4.03. The van der Waals surface area contributed by atoms with E-state index in [0.29, 0.717) is 6.54 Å². The van der Waals surface area contributed by atoms with Gasteiger partial charge in [0.1, 0.15) is 0 Å². The van der Waals surface area contributed by atoms with E-state index in [1.807, 2.05) is 0 Å². The Balaban J connectivity index is 1.86. The third kappa shape index (κ3) is 2.92. The van der Waals surface area contributed by atoms with Crippen LogP contribution in [0, 0.1) is 5.41 Å². The minimum absolute atomic E-state index is 0.0974. The van der Waals surface area contributed by atoms with E-state index >= 15 is 0 Å². The Labute approximate surface area is 91.9 Å². The van der Waals surface area contributed by atoms with Gasteiger partial charge >= 0.3 is 0 Å². The van der Waals surface area contributed by atoms with E-state index in [4.69, 9.17) is 0 Å². The number of hydrogen-bond donors (Lipinski definition) is 2. The van der Waals surface area contributed by atoms with Crippen LogP contribution in [-0.2, 0) is 10.0 Å². The minimum Gasteiger partial charge on any atom is -0.316 e. The van der Waals surface area contributed by atoms with Crippen molar-refractivity contribution in [1.29, 1.82) is 0 Å². The standard InChI is InChI=1S/C10H20N2O2S/c1-10(5-2-6-11-7-10)8-12-15(13,14)9-3-4-9/h9,11-12H,2-8H2,1H3. The van der Waals surface area contributed by atoms with Crippen LogP contribution in [0.3, 0.4) is 0 Å². The maximum Gasteiger partial charge on any atom is 0.214 e. The number of rotatable bonds is 4. The first-order valence-corrected chi connectivity index (χ1v) is 7.26. The third-order valence-electron chi connectivity index (χ3n) is 3.35. The lowest BCUT2D eigenvalue weighted by atomic mass is 9.83. The third-order valence-corrected chi connectivity index (χ3v) is 5.24. The molecule has 0 spiro atoms. The molecule has 0 aromatic carbocycles. The fourth-order valence-electron chi connectivity index (χ4n) is 2.04. The van der Waals surface area contributed by atoms with Crippen LogP contribution in [0.2, 0.25) is 0 Å². The molecule has 2 aliphatic rings. The SMILES string of the molecule is CC1(CNS(=O)(=O)C2CC2)CCCNC1. The van der Waals surface area contributed by atoms with Gasteiger partial charge in [-0.1, -0.05) is 6.92 Å². The van der Waals surface area contributed by atoms with Crippen molar-refractivity contribution < 1.29 is 8.42 Å². The molecule has 0 radical (unpaired) electrons. The van der Waals surface area contributed by atoms with Gasteiger partial charge in [0.2, 0.25) is 10.0 Å². The van der Waals surface area contributed by atoms with Crippen LogP contribution in [0.15, 0.2) is 0 Å². The Bertz CT molecular complexity index is 316. The Morgan fingerprint density at radius 2 is 2.20 bits per heavy atom. The average molecular weight is 232 g/mol. The molecule has 2 N–H and O–H groups in total. The van der Waals surface area contributed by atoms with E-state index < -0.39 is 10.0 Å². The molecule has 88 valence electrons. The van der Waals surface area contributed by atoms with Crippen molar-refractivity contribution in [1.82, 2.24) is 10.0 Å². The molecule has 1 aliphatic heterocycles. The van der Waals surface area contributed by atoms with Crippen LogP contribution >= 0.6 is 0 Å². The molecule has 0 bridgehead atoms. The van der Waals surface area contributed by atoms with E-state index in [1.165, 1.54) is 0 Å². The lowest BCUT2D eigenvalue weighted by Gasteiger charge is -2.34. The summed E-state index contributed by atoms with van der Waals surface area (Å²) in [4.78, 5) is 0. The van der Waals surface area contributed by atoms with E-state index in [9.17, 15) is 8.42 Å². The molecule has 1 aliphatic carbocycles. The largest absolute Gasteiger partial charge is 0.316 e. The van der Waals surface area contributed by atoms with Crippen molar-refractivity contribution in [3.05, 3.63) is 0 Å². The van der Waals surface area contributed by atoms with E-state index in [0.717, 1.165) is 38.8 Å². The Morgan fingerprint density at radius 3 is 2.73 bits per heavy atom. The highest BCUT2D eigenvalue weighted by molar-refractivity contribution is 7.90. The van der Waals surface area contributed by atoms with Crippen molar-refractivity contribution >= 4 is 10.0 Å². The molecule has 15 heavy (non-hydrogen) atoms. The van der Waals surface area contributed by atoms with Crippen LogP contribution in [0.4, 0.5) is 0 Å². The topological polar surface area (TPSA) is 58.2 Å². The molecule has 2 rings (SSSR count). The smallest absolute Gasteiger partial charge is 0.214 e. The highest BCUT2D eigenvalue weighted by atomic mass is 32.2. The Kier molecular flexibility index (Phi) is 3.05. The summed E-state index contributed by atoms with van der Waals surface area (Å²) >= 11 is 0. The molecule has 5 heteroatoms. The molecular formula is C10H20N2O2S. The normalized spacial score (nSPS) is 32.9. The van der Waals surface area contributed by atoms with E-state index in [2.05, 4.69) is 17.0 Å². The van der Waals surface area contributed by atoms with Gasteiger partial charge < -0.3 is 5.32 Å². The van der Waals surface area contributed by atoms with Gasteiger partial charge in [-0.25, -0.2) is 13.1 Å². The number of piperidine rings is 1. The highest BCUT2D eigenvalue weighted by Crippen LogP contribution is 2.29. The Morgan fingerprint density at radius 1 is 1.47 bits per heavy atom. The summed E-state index contributed by atoms with van der Waals surface area (Å²) < 4.78 is 26.1. The molecule has 0 aromatic rings. The molecule has 1 saturated heterocycles. The van der Waals surface area contributed by atoms with Crippen LogP contribution in [0.1, 0.15) is 32.6 Å². The summed E-state index contributed by atoms with van der Waals surface area (Å²) in [5, 5.41) is 3.22. The summed E-state index contributed by atoms with van der Waals surface area (Å²) in [5.74, 6) is 0. The van der Waals surface area contributed by atoms with Crippen molar-refractivity contribution in [3.63, 3.8) is 0 Å². The summed E-state index contributed by atoms with van der Waals surface area (Å²) in [6.45, 7) is 4.71. The van der Waals surface area contributed by atoms with Crippen molar-refractivity contribution in [2.75, 3.05) is 19.6 Å². The number of nitrogens with one attached hydrogen (secondary N) is 2. The summed E-state index contributed by atoms with van der Waals surface area (Å²) in [6.07, 6.45) is 3.92. The fraction of sp³-hybridized carbons (Fsp3) is 1.00. The average Bonchev–Trinajstić information content (AvgIpc) is 3.00. The van der Waals surface area contributed by atoms with Gasteiger partial charge in [-0.2, -0.15) is 0 Å². The first-order valence-electron chi connectivity index (χ1n) is 5.71. The Hall–Kier alpha value is -0.130. The lowest BCUT2D eigenvalue weighted by Crippen LogP contribution is -2.46. The highest BCUT2D eigenvalue weighted by Gasteiger charge is 2.37. The monoisotopic (exact) mass is 232 g/mol. The van der Waals surface area contributed by atoms with Crippen LogP contribution in [0.5, 0.6) is 0 Å². The van der Waals surface area contributed by atoms with Gasteiger partial charge in [-0.3, -0.25) is 0 Å². The second-order valence-corrected chi connectivity index (χ2v) is 7.20. The van der Waals surface area contributed by atoms with Gasteiger partial charge in [-0.05, 0) is 37.6 Å². The summed E-state index contributed by atoms with van der Waals surface area (Å²) in [7, 11) is -3.00. The number of hydrogen-bond acceptors (Lipinski definition) is 3. The van der Waals surface area contributed by atoms with E-state index in [-0.39, 0.29) is 10.7 Å². The molecule has 0 amide bonds. The fourth-order valence-corrected chi connectivity index (χ4v) is 3.58. The summed E-state index contributed by atoms with van der Waals surface area (Å²) in [5.41, 5.74) is 0.0974. The van der Waals surface area contributed by atoms with Crippen LogP contribution in [-0.4, -0.2) is 33.3 Å². The van der Waals surface area contributed by atoms with Crippen LogP contribution < -0.4 is 10.0 Å².